The number of esters is 1. The summed E-state index contributed by atoms with van der Waals surface area (Å²) in [6, 6.07) is 0. The molecular weight excluding hydrogens is 280 g/mol. The lowest BCUT2D eigenvalue weighted by Crippen LogP contribution is -2.42. The highest BCUT2D eigenvalue weighted by Gasteiger charge is 2.38. The highest BCUT2D eigenvalue weighted by molar-refractivity contribution is 5.65. The average molecular weight is 314 g/mol. The van der Waals surface area contributed by atoms with Gasteiger partial charge in [0.05, 0.1) is 12.7 Å². The van der Waals surface area contributed by atoms with Gasteiger partial charge in [0.15, 0.2) is 0 Å². The summed E-state index contributed by atoms with van der Waals surface area (Å²) in [5.74, 6) is 1.88. The van der Waals surface area contributed by atoms with Crippen LogP contribution in [0, 0.1) is 23.7 Å². The van der Waals surface area contributed by atoms with Gasteiger partial charge in [-0.1, -0.05) is 33.6 Å². The molecule has 0 radical (unpaired) electrons. The van der Waals surface area contributed by atoms with Crippen LogP contribution in [0.2, 0.25) is 0 Å². The van der Waals surface area contributed by atoms with E-state index in [2.05, 4.69) is 20.8 Å². The van der Waals surface area contributed by atoms with E-state index in [0.29, 0.717) is 30.3 Å². The first-order valence-electron chi connectivity index (χ1n) is 8.83. The van der Waals surface area contributed by atoms with Gasteiger partial charge >= 0.3 is 5.97 Å². The predicted molar refractivity (Wildman–Crippen MR) is 87.5 cm³/mol. The molecule has 1 aliphatic carbocycles. The van der Waals surface area contributed by atoms with E-state index in [0.717, 1.165) is 38.7 Å². The second-order valence-corrected chi connectivity index (χ2v) is 6.92. The molecule has 4 heteroatoms. The minimum absolute atomic E-state index is 0.195. The largest absolute Gasteiger partial charge is 0.466 e. The molecule has 1 saturated carbocycles. The van der Waals surface area contributed by atoms with E-state index in [-0.39, 0.29) is 18.7 Å². The van der Waals surface area contributed by atoms with E-state index in [1.165, 1.54) is 6.92 Å². The minimum Gasteiger partial charge on any atom is -0.466 e. The molecule has 130 valence electrons. The molecule has 0 heterocycles. The van der Waals surface area contributed by atoms with Gasteiger partial charge in [0, 0.05) is 20.1 Å². The van der Waals surface area contributed by atoms with Crippen molar-refractivity contribution in [3.05, 3.63) is 0 Å². The van der Waals surface area contributed by atoms with Gasteiger partial charge in [-0.25, -0.2) is 0 Å². The van der Waals surface area contributed by atoms with Crippen molar-refractivity contribution in [3.8, 4) is 0 Å². The number of ether oxygens (including phenoxy) is 2. The summed E-state index contributed by atoms with van der Waals surface area (Å²) in [6.45, 7) is 9.90. The number of carbonyl (C=O) groups excluding carboxylic acids is 1. The summed E-state index contributed by atoms with van der Waals surface area (Å²) in [6.07, 6.45) is 5.38. The summed E-state index contributed by atoms with van der Waals surface area (Å²) in [7, 11) is 0. The third-order valence-corrected chi connectivity index (χ3v) is 5.41. The Balaban J connectivity index is 2.38. The van der Waals surface area contributed by atoms with Gasteiger partial charge in [0.2, 0.25) is 0 Å². The SMILES string of the molecule is CC(=O)OCC1C[C@@H](OCCCCCCO)C(C)[C@@H](C)[C@H]1C. The molecule has 5 atom stereocenters. The molecule has 0 aromatic rings. The van der Waals surface area contributed by atoms with Gasteiger partial charge in [0.25, 0.3) is 0 Å². The fourth-order valence-electron chi connectivity index (χ4n) is 3.44. The van der Waals surface area contributed by atoms with Crippen molar-refractivity contribution in [1.82, 2.24) is 0 Å². The third kappa shape index (κ3) is 6.25. The molecule has 0 spiro atoms. The molecule has 0 amide bonds. The molecular formula is C18H34O4. The number of carbonyl (C=O) groups is 1. The van der Waals surface area contributed by atoms with Crippen LogP contribution in [0.15, 0.2) is 0 Å². The predicted octanol–water partition coefficient (Wildman–Crippen LogP) is 3.42. The molecule has 0 bridgehead atoms. The molecule has 2 unspecified atom stereocenters. The van der Waals surface area contributed by atoms with Crippen molar-refractivity contribution in [3.63, 3.8) is 0 Å². The Morgan fingerprint density at radius 1 is 1.05 bits per heavy atom. The molecule has 1 rings (SSSR count). The quantitative estimate of drug-likeness (QED) is 0.523. The summed E-state index contributed by atoms with van der Waals surface area (Å²) in [4.78, 5) is 11.0. The topological polar surface area (TPSA) is 55.8 Å². The number of rotatable bonds is 9. The first-order chi connectivity index (χ1) is 10.5. The fourth-order valence-corrected chi connectivity index (χ4v) is 3.44. The zero-order valence-electron chi connectivity index (χ0n) is 14.7. The van der Waals surface area contributed by atoms with Crippen molar-refractivity contribution in [2.45, 2.75) is 65.9 Å². The maximum Gasteiger partial charge on any atom is 0.302 e. The molecule has 1 fully saturated rings. The first kappa shape index (κ1) is 19.4. The number of aliphatic hydroxyl groups is 1. The Kier molecular flexibility index (Phi) is 9.03. The summed E-state index contributed by atoms with van der Waals surface area (Å²) < 4.78 is 11.4. The number of unbranched alkanes of at least 4 members (excludes halogenated alkanes) is 3. The Morgan fingerprint density at radius 2 is 1.73 bits per heavy atom. The molecule has 1 aliphatic rings. The van der Waals surface area contributed by atoms with Gasteiger partial charge in [0.1, 0.15) is 0 Å². The molecule has 1 N–H and O–H groups in total. The smallest absolute Gasteiger partial charge is 0.302 e. The maximum atomic E-state index is 11.0. The van der Waals surface area contributed by atoms with Gasteiger partial charge in [-0.2, -0.15) is 0 Å². The van der Waals surface area contributed by atoms with Crippen molar-refractivity contribution in [2.24, 2.45) is 23.7 Å². The van der Waals surface area contributed by atoms with Crippen molar-refractivity contribution in [1.29, 1.82) is 0 Å². The zero-order chi connectivity index (χ0) is 16.5. The second-order valence-electron chi connectivity index (χ2n) is 6.92. The summed E-state index contributed by atoms with van der Waals surface area (Å²) in [5, 5.41) is 8.77. The lowest BCUT2D eigenvalue weighted by Gasteiger charge is -2.43. The van der Waals surface area contributed by atoms with Crippen molar-refractivity contribution in [2.75, 3.05) is 19.8 Å². The Hall–Kier alpha value is -0.610. The van der Waals surface area contributed by atoms with E-state index in [4.69, 9.17) is 14.6 Å². The highest BCUT2D eigenvalue weighted by atomic mass is 16.5. The number of hydrogen-bond acceptors (Lipinski definition) is 4. The van der Waals surface area contributed by atoms with Crippen LogP contribution in [0.25, 0.3) is 0 Å². The third-order valence-electron chi connectivity index (χ3n) is 5.41. The Morgan fingerprint density at radius 3 is 2.36 bits per heavy atom. The maximum absolute atomic E-state index is 11.0. The van der Waals surface area contributed by atoms with Crippen molar-refractivity contribution >= 4 is 5.97 Å². The van der Waals surface area contributed by atoms with E-state index in [1.54, 1.807) is 0 Å². The summed E-state index contributed by atoms with van der Waals surface area (Å²) in [5.41, 5.74) is 0. The van der Waals surface area contributed by atoms with Gasteiger partial charge in [-0.15, -0.1) is 0 Å². The average Bonchev–Trinajstić information content (AvgIpc) is 2.49. The Labute approximate surface area is 135 Å². The van der Waals surface area contributed by atoms with Crippen LogP contribution in [-0.2, 0) is 14.3 Å². The van der Waals surface area contributed by atoms with Crippen LogP contribution in [-0.4, -0.2) is 37.0 Å². The zero-order valence-corrected chi connectivity index (χ0v) is 14.7. The molecule has 0 aliphatic heterocycles. The van der Waals surface area contributed by atoms with Crippen LogP contribution in [0.4, 0.5) is 0 Å². The molecule has 4 nitrogen and oxygen atoms in total. The van der Waals surface area contributed by atoms with Crippen LogP contribution >= 0.6 is 0 Å². The van der Waals surface area contributed by atoms with Crippen LogP contribution < -0.4 is 0 Å². The number of hydrogen-bond donors (Lipinski definition) is 1. The molecule has 0 saturated heterocycles. The van der Waals surface area contributed by atoms with Crippen LogP contribution in [0.1, 0.15) is 59.8 Å². The minimum atomic E-state index is -0.195. The number of aliphatic hydroxyl groups excluding tert-OH is 1. The summed E-state index contributed by atoms with van der Waals surface area (Å²) >= 11 is 0. The first-order valence-corrected chi connectivity index (χ1v) is 8.83. The van der Waals surface area contributed by atoms with Gasteiger partial charge in [-0.05, 0) is 42.9 Å². The molecule has 0 aromatic heterocycles. The van der Waals surface area contributed by atoms with Gasteiger partial charge < -0.3 is 14.6 Å². The highest BCUT2D eigenvalue weighted by Crippen LogP contribution is 2.40. The monoisotopic (exact) mass is 314 g/mol. The fraction of sp³-hybridized carbons (Fsp3) is 0.944. The normalized spacial score (nSPS) is 32.0. The standard InChI is InChI=1S/C18H34O4/c1-13-14(2)17(12-22-16(4)20)11-18(15(13)3)21-10-8-6-5-7-9-19/h13-15,17-19H,5-12H2,1-4H3/t13-,14+,15?,17?,18+/m0/s1. The van der Waals surface area contributed by atoms with Crippen molar-refractivity contribution < 1.29 is 19.4 Å². The van der Waals surface area contributed by atoms with E-state index < -0.39 is 0 Å². The van der Waals surface area contributed by atoms with E-state index in [1.807, 2.05) is 0 Å². The molecule has 22 heavy (non-hydrogen) atoms. The van der Waals surface area contributed by atoms with E-state index in [9.17, 15) is 4.79 Å². The second kappa shape index (κ2) is 10.2. The van der Waals surface area contributed by atoms with Crippen LogP contribution in [0.3, 0.4) is 0 Å². The van der Waals surface area contributed by atoms with Crippen LogP contribution in [0.5, 0.6) is 0 Å². The Bertz CT molecular complexity index is 318. The van der Waals surface area contributed by atoms with E-state index >= 15 is 0 Å². The van der Waals surface area contributed by atoms with Gasteiger partial charge in [-0.3, -0.25) is 4.79 Å². The lowest BCUT2D eigenvalue weighted by atomic mass is 9.67. The lowest BCUT2D eigenvalue weighted by molar-refractivity contribution is -0.146. The molecule has 0 aromatic carbocycles.